The Kier molecular flexibility index (Phi) is 6.05. The first-order chi connectivity index (χ1) is 14.9. The number of rotatable bonds is 5. The molecule has 4 rings (SSSR count). The quantitative estimate of drug-likeness (QED) is 0.562. The normalized spacial score (nSPS) is 20.5. The molecular weight excluding hydrogens is 454 g/mol. The first-order valence-electron chi connectivity index (χ1n) is 9.50. The number of hydrogen-bond donors (Lipinski definition) is 0. The molecule has 0 radical (unpaired) electrons. The Labute approximate surface area is 194 Å². The standard InChI is InChI=1S/C22H20ClN3O3S2/c1-14-19(15(2)27)30-22(25(14)13-16-9-5-4-6-10-16)26(18-12-8-7-11-17(18)23)24-20(31-22)21(28)29-3/h4-12H,13H2,1-3H3/t22-/m0/s1. The maximum Gasteiger partial charge on any atom is 0.365 e. The molecule has 0 amide bonds. The Morgan fingerprint density at radius 2 is 1.77 bits per heavy atom. The fraction of sp³-hybridized carbons (Fsp3) is 0.227. The fourth-order valence-corrected chi connectivity index (χ4v) is 6.64. The molecule has 2 aliphatic heterocycles. The SMILES string of the molecule is COC(=O)C1=NN(c2ccccc2Cl)[C@]2(S1)SC(C(C)=O)=C(C)N2Cc1ccccc1. The van der Waals surface area contributed by atoms with Crippen LogP contribution in [0.2, 0.25) is 5.02 Å². The van der Waals surface area contributed by atoms with Crippen LogP contribution in [0, 0.1) is 0 Å². The molecule has 0 saturated carbocycles. The van der Waals surface area contributed by atoms with E-state index in [1.165, 1.54) is 30.6 Å². The molecule has 9 heteroatoms. The Hall–Kier alpha value is -2.42. The molecule has 2 aromatic carbocycles. The highest BCUT2D eigenvalue weighted by Gasteiger charge is 2.57. The van der Waals surface area contributed by atoms with Crippen molar-refractivity contribution >= 4 is 57.6 Å². The summed E-state index contributed by atoms with van der Waals surface area (Å²) in [7, 11) is 1.32. The van der Waals surface area contributed by atoms with Gasteiger partial charge in [0.05, 0.1) is 22.7 Å². The van der Waals surface area contributed by atoms with Crippen LogP contribution in [0.3, 0.4) is 0 Å². The number of ether oxygens (including phenoxy) is 1. The van der Waals surface area contributed by atoms with E-state index in [-0.39, 0.29) is 10.8 Å². The van der Waals surface area contributed by atoms with E-state index >= 15 is 0 Å². The number of hydrazone groups is 1. The maximum atomic E-state index is 12.5. The number of benzene rings is 2. The van der Waals surface area contributed by atoms with Gasteiger partial charge in [-0.25, -0.2) is 9.80 Å². The number of nitrogens with zero attached hydrogens (tertiary/aromatic N) is 3. The van der Waals surface area contributed by atoms with E-state index in [1.807, 2.05) is 55.5 Å². The average molecular weight is 474 g/mol. The first kappa shape index (κ1) is 21.8. The number of para-hydroxylation sites is 1. The number of esters is 1. The molecule has 2 aromatic rings. The number of carbonyl (C=O) groups excluding carboxylic acids is 2. The summed E-state index contributed by atoms with van der Waals surface area (Å²) >= 11 is 9.15. The van der Waals surface area contributed by atoms with Gasteiger partial charge in [0.15, 0.2) is 5.78 Å². The van der Waals surface area contributed by atoms with E-state index in [0.29, 0.717) is 22.2 Å². The van der Waals surface area contributed by atoms with Gasteiger partial charge >= 0.3 is 5.97 Å². The third kappa shape index (κ3) is 3.84. The topological polar surface area (TPSA) is 62.2 Å². The van der Waals surface area contributed by atoms with Crippen LogP contribution in [0.15, 0.2) is 70.3 Å². The zero-order valence-corrected chi connectivity index (χ0v) is 19.6. The van der Waals surface area contributed by atoms with Crippen molar-refractivity contribution in [1.82, 2.24) is 4.90 Å². The highest BCUT2D eigenvalue weighted by atomic mass is 35.5. The van der Waals surface area contributed by atoms with Crippen LogP contribution in [-0.2, 0) is 20.9 Å². The zero-order chi connectivity index (χ0) is 22.2. The summed E-state index contributed by atoms with van der Waals surface area (Å²) in [6.45, 7) is 3.99. The molecule has 6 nitrogen and oxygen atoms in total. The molecular formula is C22H20ClN3O3S2. The molecule has 0 bridgehead atoms. The molecule has 0 aromatic heterocycles. The maximum absolute atomic E-state index is 12.5. The lowest BCUT2D eigenvalue weighted by atomic mass is 10.2. The van der Waals surface area contributed by atoms with E-state index in [4.69, 9.17) is 16.3 Å². The van der Waals surface area contributed by atoms with Gasteiger partial charge < -0.3 is 9.64 Å². The van der Waals surface area contributed by atoms with Crippen LogP contribution in [0.4, 0.5) is 5.69 Å². The Morgan fingerprint density at radius 1 is 1.10 bits per heavy atom. The minimum atomic E-state index is -0.935. The van der Waals surface area contributed by atoms with Crippen molar-refractivity contribution in [2.45, 2.75) is 24.7 Å². The Balaban J connectivity index is 1.86. The minimum Gasteiger partial charge on any atom is -0.464 e. The molecule has 0 fully saturated rings. The molecule has 0 saturated heterocycles. The number of anilines is 1. The van der Waals surface area contributed by atoms with E-state index in [2.05, 4.69) is 10.0 Å². The van der Waals surface area contributed by atoms with Gasteiger partial charge in [-0.3, -0.25) is 4.79 Å². The number of carbonyl (C=O) groups is 2. The number of thioether (sulfide) groups is 2. The molecule has 1 spiro atoms. The van der Waals surface area contributed by atoms with E-state index < -0.39 is 10.3 Å². The van der Waals surface area contributed by atoms with Gasteiger partial charge in [0.2, 0.25) is 9.37 Å². The number of Topliss-reactive ketones (excluding diaryl/α,β-unsaturated/α-hetero) is 1. The van der Waals surface area contributed by atoms with Crippen molar-refractivity contribution in [3.63, 3.8) is 0 Å². The molecule has 0 unspecified atom stereocenters. The average Bonchev–Trinajstić information content (AvgIpc) is 3.28. The van der Waals surface area contributed by atoms with Crippen molar-refractivity contribution in [3.8, 4) is 0 Å². The summed E-state index contributed by atoms with van der Waals surface area (Å²) < 4.78 is 4.01. The smallest absolute Gasteiger partial charge is 0.365 e. The third-order valence-corrected chi connectivity index (χ3v) is 8.31. The Morgan fingerprint density at radius 3 is 2.42 bits per heavy atom. The second-order valence-electron chi connectivity index (χ2n) is 6.96. The molecule has 2 aliphatic rings. The van der Waals surface area contributed by atoms with Gasteiger partial charge in [-0.2, -0.15) is 5.10 Å². The fourth-order valence-electron chi connectivity index (χ4n) is 3.48. The molecule has 160 valence electrons. The van der Waals surface area contributed by atoms with Crippen LogP contribution < -0.4 is 5.01 Å². The summed E-state index contributed by atoms with van der Waals surface area (Å²) in [6.07, 6.45) is 0. The second-order valence-corrected chi connectivity index (χ2v) is 9.96. The molecule has 0 aliphatic carbocycles. The van der Waals surface area contributed by atoms with E-state index in [0.717, 1.165) is 11.3 Å². The second kappa shape index (κ2) is 8.61. The van der Waals surface area contributed by atoms with Gasteiger partial charge in [-0.15, -0.1) is 0 Å². The van der Waals surface area contributed by atoms with Crippen LogP contribution in [-0.4, -0.2) is 33.1 Å². The summed E-state index contributed by atoms with van der Waals surface area (Å²) in [5.41, 5.74) is 2.53. The van der Waals surface area contributed by atoms with Crippen molar-refractivity contribution in [2.24, 2.45) is 5.10 Å². The van der Waals surface area contributed by atoms with Gasteiger partial charge in [-0.1, -0.05) is 65.8 Å². The number of ketones is 1. The predicted molar refractivity (Wildman–Crippen MR) is 127 cm³/mol. The lowest BCUT2D eigenvalue weighted by Crippen LogP contribution is -2.49. The van der Waals surface area contributed by atoms with Gasteiger partial charge in [0, 0.05) is 12.2 Å². The summed E-state index contributed by atoms with van der Waals surface area (Å²) in [4.78, 5) is 27.6. The predicted octanol–water partition coefficient (Wildman–Crippen LogP) is 5.06. The third-order valence-electron chi connectivity index (χ3n) is 4.94. The number of hydrogen-bond acceptors (Lipinski definition) is 8. The largest absolute Gasteiger partial charge is 0.464 e. The molecule has 1 atom stereocenters. The van der Waals surface area contributed by atoms with Crippen molar-refractivity contribution in [2.75, 3.05) is 12.1 Å². The highest BCUT2D eigenvalue weighted by Crippen LogP contribution is 2.60. The lowest BCUT2D eigenvalue weighted by Gasteiger charge is -2.41. The summed E-state index contributed by atoms with van der Waals surface area (Å²) in [5.74, 6) is -0.572. The van der Waals surface area contributed by atoms with Crippen LogP contribution in [0.1, 0.15) is 19.4 Å². The van der Waals surface area contributed by atoms with Gasteiger partial charge in [-0.05, 0) is 43.3 Å². The van der Waals surface area contributed by atoms with Gasteiger partial charge in [0.1, 0.15) is 0 Å². The van der Waals surface area contributed by atoms with E-state index in [1.54, 1.807) is 18.0 Å². The zero-order valence-electron chi connectivity index (χ0n) is 17.2. The first-order valence-corrected chi connectivity index (χ1v) is 11.5. The summed E-state index contributed by atoms with van der Waals surface area (Å²) in [5, 5.41) is 7.01. The lowest BCUT2D eigenvalue weighted by molar-refractivity contribution is -0.132. The number of methoxy groups -OCH3 is 1. The van der Waals surface area contributed by atoms with Crippen LogP contribution >= 0.6 is 35.1 Å². The van der Waals surface area contributed by atoms with Crippen LogP contribution in [0.25, 0.3) is 0 Å². The highest BCUT2D eigenvalue weighted by molar-refractivity contribution is 8.28. The number of halogens is 1. The van der Waals surface area contributed by atoms with E-state index in [9.17, 15) is 9.59 Å². The number of allylic oxidation sites excluding steroid dienone is 2. The Bertz CT molecular complexity index is 1110. The monoisotopic (exact) mass is 473 g/mol. The molecule has 0 N–H and O–H groups in total. The van der Waals surface area contributed by atoms with Crippen LogP contribution in [0.5, 0.6) is 0 Å². The van der Waals surface area contributed by atoms with Crippen molar-refractivity contribution in [3.05, 3.63) is 75.8 Å². The minimum absolute atomic E-state index is 0.0383. The molecule has 31 heavy (non-hydrogen) atoms. The van der Waals surface area contributed by atoms with Gasteiger partial charge in [0.25, 0.3) is 0 Å². The van der Waals surface area contributed by atoms with Crippen molar-refractivity contribution < 1.29 is 14.3 Å². The van der Waals surface area contributed by atoms with Crippen molar-refractivity contribution in [1.29, 1.82) is 0 Å². The summed E-state index contributed by atoms with van der Waals surface area (Å²) in [6, 6.07) is 17.3. The molecule has 2 heterocycles.